The molecular weight excluding hydrogens is 377 g/mol. The van der Waals surface area contributed by atoms with Crippen molar-refractivity contribution in [2.24, 2.45) is 5.73 Å². The maximum Gasteiger partial charge on any atom is 0.493 e. The van der Waals surface area contributed by atoms with Crippen molar-refractivity contribution in [3.63, 3.8) is 0 Å². The van der Waals surface area contributed by atoms with Crippen LogP contribution in [0.3, 0.4) is 0 Å². The molecule has 0 spiro atoms. The number of hydrogen-bond acceptors (Lipinski definition) is 5. The summed E-state index contributed by atoms with van der Waals surface area (Å²) in [7, 11) is 0. The molecule has 0 heterocycles. The Morgan fingerprint density at radius 2 is 1.79 bits per heavy atom. The van der Waals surface area contributed by atoms with E-state index in [9.17, 15) is 22.8 Å². The molecule has 0 aliphatic heterocycles. The minimum atomic E-state index is -5.24. The highest BCUT2D eigenvalue weighted by Crippen LogP contribution is 2.38. The van der Waals surface area contributed by atoms with Gasteiger partial charge in [0.15, 0.2) is 0 Å². The Hall–Kier alpha value is -3.07. The van der Waals surface area contributed by atoms with Crippen molar-refractivity contribution < 1.29 is 32.3 Å². The zero-order valence-corrected chi connectivity index (χ0v) is 14.7. The second kappa shape index (κ2) is 7.89. The summed E-state index contributed by atoms with van der Waals surface area (Å²) in [6, 6.07) is 13.4. The summed E-state index contributed by atoms with van der Waals surface area (Å²) in [6.07, 6.45) is -5.80. The third-order valence-corrected chi connectivity index (χ3v) is 4.26. The van der Waals surface area contributed by atoms with Gasteiger partial charge in [0.05, 0.1) is 6.54 Å². The van der Waals surface area contributed by atoms with E-state index in [2.05, 4.69) is 4.84 Å². The van der Waals surface area contributed by atoms with Crippen LogP contribution in [0.25, 0.3) is 11.1 Å². The highest BCUT2D eigenvalue weighted by molar-refractivity contribution is 5.79. The molecule has 148 valence electrons. The van der Waals surface area contributed by atoms with Crippen LogP contribution in [0.1, 0.15) is 16.7 Å². The van der Waals surface area contributed by atoms with Gasteiger partial charge in [0, 0.05) is 6.54 Å². The van der Waals surface area contributed by atoms with Crippen molar-refractivity contribution in [2.45, 2.75) is 19.2 Å². The third-order valence-electron chi connectivity index (χ3n) is 4.26. The van der Waals surface area contributed by atoms with Crippen molar-refractivity contribution in [3.8, 4) is 11.1 Å². The van der Waals surface area contributed by atoms with E-state index in [0.29, 0.717) is 6.42 Å². The predicted octanol–water partition coefficient (Wildman–Crippen LogP) is 3.18. The van der Waals surface area contributed by atoms with Gasteiger partial charge in [0.1, 0.15) is 6.61 Å². The van der Waals surface area contributed by atoms with Gasteiger partial charge in [-0.3, -0.25) is 0 Å². The molecule has 1 aliphatic rings. The number of benzene rings is 2. The molecule has 0 atom stereocenters. The molecule has 2 aromatic rings. The molecule has 0 radical (unpaired) electrons. The summed E-state index contributed by atoms with van der Waals surface area (Å²) < 4.78 is 42.1. The summed E-state index contributed by atoms with van der Waals surface area (Å²) >= 11 is 0. The zero-order chi connectivity index (χ0) is 20.3. The van der Waals surface area contributed by atoms with Gasteiger partial charge in [-0.15, -0.1) is 5.06 Å². The maximum absolute atomic E-state index is 12.4. The highest BCUT2D eigenvalue weighted by atomic mass is 19.4. The largest absolute Gasteiger partial charge is 0.493 e. The smallest absolute Gasteiger partial charge is 0.442 e. The van der Waals surface area contributed by atoms with Gasteiger partial charge < -0.3 is 15.3 Å². The van der Waals surface area contributed by atoms with Gasteiger partial charge >= 0.3 is 18.2 Å². The molecule has 0 fully saturated rings. The number of hydrogen-bond donors (Lipinski definition) is 1. The lowest BCUT2D eigenvalue weighted by Gasteiger charge is -2.20. The van der Waals surface area contributed by atoms with Crippen LogP contribution in [0.4, 0.5) is 18.0 Å². The molecule has 28 heavy (non-hydrogen) atoms. The van der Waals surface area contributed by atoms with Crippen LogP contribution in [0.2, 0.25) is 0 Å². The number of alkyl halides is 3. The van der Waals surface area contributed by atoms with E-state index in [-0.39, 0.29) is 18.2 Å². The average Bonchev–Trinajstić information content (AvgIpc) is 3.04. The summed E-state index contributed by atoms with van der Waals surface area (Å²) in [4.78, 5) is 27.1. The van der Waals surface area contributed by atoms with Crippen LogP contribution in [0.5, 0.6) is 0 Å². The van der Waals surface area contributed by atoms with E-state index in [0.717, 1.165) is 27.8 Å². The number of halogens is 3. The molecule has 6 nitrogen and oxygen atoms in total. The molecule has 3 rings (SSSR count). The van der Waals surface area contributed by atoms with E-state index in [1.807, 2.05) is 36.4 Å². The molecule has 2 N–H and O–H groups in total. The first kappa shape index (κ1) is 19.7. The van der Waals surface area contributed by atoms with Crippen molar-refractivity contribution >= 4 is 12.1 Å². The Kier molecular flexibility index (Phi) is 5.55. The fourth-order valence-electron chi connectivity index (χ4n) is 3.01. The Morgan fingerprint density at radius 3 is 2.50 bits per heavy atom. The van der Waals surface area contributed by atoms with E-state index in [4.69, 9.17) is 10.5 Å². The molecule has 0 aromatic heterocycles. The monoisotopic (exact) mass is 394 g/mol. The number of rotatable bonds is 4. The Labute approximate surface area is 158 Å². The maximum atomic E-state index is 12.4. The number of amides is 1. The highest BCUT2D eigenvalue weighted by Gasteiger charge is 2.43. The van der Waals surface area contributed by atoms with E-state index < -0.39 is 24.8 Å². The Balaban J connectivity index is 1.70. The second-order valence-electron chi connectivity index (χ2n) is 6.10. The van der Waals surface area contributed by atoms with Crippen LogP contribution >= 0.6 is 0 Å². The molecule has 1 aliphatic carbocycles. The van der Waals surface area contributed by atoms with Crippen molar-refractivity contribution in [1.29, 1.82) is 0 Å². The fraction of sp³-hybridized carbons (Fsp3) is 0.263. The Morgan fingerprint density at radius 1 is 1.07 bits per heavy atom. The first-order chi connectivity index (χ1) is 13.3. The van der Waals surface area contributed by atoms with E-state index in [1.54, 1.807) is 6.07 Å². The zero-order valence-electron chi connectivity index (χ0n) is 14.7. The van der Waals surface area contributed by atoms with E-state index in [1.165, 1.54) is 0 Å². The quantitative estimate of drug-likeness (QED) is 0.688. The number of nitrogens with two attached hydrogens (primary N) is 1. The van der Waals surface area contributed by atoms with Crippen molar-refractivity contribution in [2.75, 3.05) is 13.1 Å². The van der Waals surface area contributed by atoms with Gasteiger partial charge in [0.2, 0.25) is 0 Å². The number of carbonyl (C=O) groups excluding carboxylic acids is 2. The minimum Gasteiger partial charge on any atom is -0.442 e. The van der Waals surface area contributed by atoms with Gasteiger partial charge in [-0.05, 0) is 34.2 Å². The van der Waals surface area contributed by atoms with Gasteiger partial charge in [0.25, 0.3) is 0 Å². The lowest BCUT2D eigenvalue weighted by atomic mass is 10.0. The van der Waals surface area contributed by atoms with Gasteiger partial charge in [-0.25, -0.2) is 9.59 Å². The molecular formula is C19H17F3N2O4. The summed E-state index contributed by atoms with van der Waals surface area (Å²) in [5.41, 5.74) is 10.2. The second-order valence-corrected chi connectivity index (χ2v) is 6.10. The number of nitrogens with zero attached hydrogens (tertiary/aromatic N) is 1. The van der Waals surface area contributed by atoms with Crippen LogP contribution in [-0.2, 0) is 27.4 Å². The van der Waals surface area contributed by atoms with Crippen LogP contribution in [0.15, 0.2) is 42.5 Å². The number of fused-ring (bicyclic) bond motifs is 3. The minimum absolute atomic E-state index is 0.174. The van der Waals surface area contributed by atoms with Crippen molar-refractivity contribution in [3.05, 3.63) is 59.2 Å². The fourth-order valence-corrected chi connectivity index (χ4v) is 3.01. The summed E-state index contributed by atoms with van der Waals surface area (Å²) in [5.74, 6) is -2.52. The third kappa shape index (κ3) is 4.09. The molecule has 9 heteroatoms. The van der Waals surface area contributed by atoms with E-state index >= 15 is 0 Å². The molecule has 0 saturated heterocycles. The number of hydroxylamine groups is 2. The van der Waals surface area contributed by atoms with Gasteiger partial charge in [-0.1, -0.05) is 42.5 Å². The topological polar surface area (TPSA) is 81.9 Å². The van der Waals surface area contributed by atoms with Crippen LogP contribution in [-0.4, -0.2) is 36.4 Å². The molecule has 0 bridgehead atoms. The van der Waals surface area contributed by atoms with Crippen molar-refractivity contribution in [1.82, 2.24) is 5.06 Å². The van der Waals surface area contributed by atoms with Crippen LogP contribution in [0, 0.1) is 0 Å². The van der Waals surface area contributed by atoms with Gasteiger partial charge in [-0.2, -0.15) is 13.2 Å². The predicted molar refractivity (Wildman–Crippen MR) is 92.8 cm³/mol. The molecule has 2 aromatic carbocycles. The Bertz CT molecular complexity index is 899. The first-order valence-electron chi connectivity index (χ1n) is 8.43. The normalized spacial score (nSPS) is 12.1. The average molecular weight is 394 g/mol. The van der Waals surface area contributed by atoms with Crippen LogP contribution < -0.4 is 5.73 Å². The SMILES string of the molecule is NCCN(OC(=O)C(F)(F)F)C(=O)OCc1cccc2c1Cc1ccccc1-2. The lowest BCUT2D eigenvalue weighted by molar-refractivity contribution is -0.230. The standard InChI is InChI=1S/C19H17F3N2O4/c20-19(21,22)17(25)28-24(9-8-23)18(26)27-11-13-5-3-7-15-14-6-2-1-4-12(14)10-16(13)15/h1-7H,8-11,23H2. The lowest BCUT2D eigenvalue weighted by Crippen LogP contribution is -2.41. The summed E-state index contributed by atoms with van der Waals surface area (Å²) in [6.45, 7) is -0.824. The molecule has 1 amide bonds. The first-order valence-corrected chi connectivity index (χ1v) is 8.43. The summed E-state index contributed by atoms with van der Waals surface area (Å²) in [5, 5.41) is 0.174. The molecule has 0 saturated carbocycles. The number of carbonyl (C=O) groups is 2. The molecule has 0 unspecified atom stereocenters. The number of ether oxygens (including phenoxy) is 1.